The van der Waals surface area contributed by atoms with E-state index in [1.165, 1.54) is 0 Å². The summed E-state index contributed by atoms with van der Waals surface area (Å²) in [6.07, 6.45) is 1.54. The fourth-order valence-corrected chi connectivity index (χ4v) is 2.26. The molecule has 0 radical (unpaired) electrons. The third-order valence-corrected chi connectivity index (χ3v) is 3.18. The lowest BCUT2D eigenvalue weighted by Crippen LogP contribution is -2.55. The summed E-state index contributed by atoms with van der Waals surface area (Å²) in [5, 5.41) is 3.29. The van der Waals surface area contributed by atoms with Gasteiger partial charge in [0.25, 0.3) is 0 Å². The summed E-state index contributed by atoms with van der Waals surface area (Å²) in [7, 11) is 0. The van der Waals surface area contributed by atoms with Crippen molar-refractivity contribution < 1.29 is 9.53 Å². The van der Waals surface area contributed by atoms with Crippen LogP contribution < -0.4 is 15.8 Å². The van der Waals surface area contributed by atoms with E-state index in [2.05, 4.69) is 12.2 Å². The zero-order chi connectivity index (χ0) is 12.3. The number of carbonyl (C=O) groups is 1. The molecule has 0 saturated heterocycles. The zero-order valence-electron chi connectivity index (χ0n) is 10.0. The van der Waals surface area contributed by atoms with Crippen LogP contribution in [-0.4, -0.2) is 19.1 Å². The highest BCUT2D eigenvalue weighted by Gasteiger charge is 2.42. The summed E-state index contributed by atoms with van der Waals surface area (Å²) >= 11 is 0. The quantitative estimate of drug-likeness (QED) is 0.821. The molecule has 0 bridgehead atoms. The second-order valence-electron chi connectivity index (χ2n) is 4.29. The van der Waals surface area contributed by atoms with Crippen LogP contribution in [0.1, 0.15) is 25.3 Å². The van der Waals surface area contributed by atoms with Gasteiger partial charge >= 0.3 is 0 Å². The number of carbonyl (C=O) groups excluding carboxylic acids is 1. The number of hydrogen-bond acceptors (Lipinski definition) is 3. The Bertz CT molecular complexity index is 420. The van der Waals surface area contributed by atoms with Crippen molar-refractivity contribution >= 4 is 5.91 Å². The third kappa shape index (κ3) is 2.00. The highest BCUT2D eigenvalue weighted by atomic mass is 16.5. The van der Waals surface area contributed by atoms with Gasteiger partial charge in [0, 0.05) is 12.0 Å². The minimum Gasteiger partial charge on any atom is -0.493 e. The van der Waals surface area contributed by atoms with Crippen molar-refractivity contribution in [2.24, 2.45) is 5.73 Å². The Hall–Kier alpha value is -1.55. The molecule has 0 aliphatic carbocycles. The summed E-state index contributed by atoms with van der Waals surface area (Å²) < 4.78 is 5.56. The van der Waals surface area contributed by atoms with Crippen LogP contribution in [0.25, 0.3) is 0 Å². The van der Waals surface area contributed by atoms with Gasteiger partial charge in [-0.1, -0.05) is 25.1 Å². The molecule has 0 fully saturated rings. The number of nitrogens with one attached hydrogen (secondary N) is 1. The third-order valence-electron chi connectivity index (χ3n) is 3.18. The van der Waals surface area contributed by atoms with Gasteiger partial charge in [0.2, 0.25) is 5.91 Å². The van der Waals surface area contributed by atoms with E-state index in [0.717, 1.165) is 24.3 Å². The van der Waals surface area contributed by atoms with E-state index in [1.807, 2.05) is 24.3 Å². The van der Waals surface area contributed by atoms with Crippen molar-refractivity contribution in [2.75, 3.05) is 13.2 Å². The van der Waals surface area contributed by atoms with E-state index in [0.29, 0.717) is 13.0 Å². The Labute approximate surface area is 101 Å². The summed E-state index contributed by atoms with van der Waals surface area (Å²) in [5.41, 5.74) is 5.68. The number of primary amides is 1. The number of ether oxygens (including phenoxy) is 1. The standard InChI is InChI=1S/C13H18N2O2/c1-2-8-15-13(12(14)16)7-9-17-11-6-4-3-5-10(11)13/h3-6,15H,2,7-9H2,1H3,(H2,14,16). The first-order valence-corrected chi connectivity index (χ1v) is 5.98. The number of benzene rings is 1. The molecule has 4 nitrogen and oxygen atoms in total. The van der Waals surface area contributed by atoms with E-state index >= 15 is 0 Å². The predicted molar refractivity (Wildman–Crippen MR) is 65.7 cm³/mol. The van der Waals surface area contributed by atoms with Crippen molar-refractivity contribution in [2.45, 2.75) is 25.3 Å². The second kappa shape index (κ2) is 4.75. The Kier molecular flexibility index (Phi) is 3.33. The maximum absolute atomic E-state index is 11.8. The van der Waals surface area contributed by atoms with E-state index in [4.69, 9.17) is 10.5 Å². The molecule has 1 aliphatic rings. The van der Waals surface area contributed by atoms with Gasteiger partial charge in [0.1, 0.15) is 11.3 Å². The van der Waals surface area contributed by atoms with E-state index in [-0.39, 0.29) is 5.91 Å². The van der Waals surface area contributed by atoms with Gasteiger partial charge in [-0.2, -0.15) is 0 Å². The smallest absolute Gasteiger partial charge is 0.242 e. The highest BCUT2D eigenvalue weighted by molar-refractivity contribution is 5.87. The molecule has 1 unspecified atom stereocenters. The molecule has 4 heteroatoms. The van der Waals surface area contributed by atoms with E-state index in [9.17, 15) is 4.79 Å². The van der Waals surface area contributed by atoms with Gasteiger partial charge in [-0.3, -0.25) is 10.1 Å². The molecule has 3 N–H and O–H groups in total. The van der Waals surface area contributed by atoms with Crippen LogP contribution >= 0.6 is 0 Å². The van der Waals surface area contributed by atoms with Crippen LogP contribution in [0.15, 0.2) is 24.3 Å². The van der Waals surface area contributed by atoms with Gasteiger partial charge in [-0.15, -0.1) is 0 Å². The van der Waals surface area contributed by atoms with Crippen molar-refractivity contribution in [1.82, 2.24) is 5.32 Å². The Morgan fingerprint density at radius 1 is 1.53 bits per heavy atom. The molecular weight excluding hydrogens is 216 g/mol. The molecule has 92 valence electrons. The molecule has 17 heavy (non-hydrogen) atoms. The number of amides is 1. The number of nitrogens with two attached hydrogens (primary N) is 1. The van der Waals surface area contributed by atoms with Crippen molar-refractivity contribution in [3.63, 3.8) is 0 Å². The lowest BCUT2D eigenvalue weighted by molar-refractivity contribution is -0.126. The normalized spacial score (nSPS) is 22.6. The zero-order valence-corrected chi connectivity index (χ0v) is 10.0. The van der Waals surface area contributed by atoms with Crippen molar-refractivity contribution in [3.05, 3.63) is 29.8 Å². The molecule has 2 rings (SSSR count). The number of fused-ring (bicyclic) bond motifs is 1. The van der Waals surface area contributed by atoms with Crippen LogP contribution in [0, 0.1) is 0 Å². The Balaban J connectivity index is 2.43. The average Bonchev–Trinajstić information content (AvgIpc) is 2.36. The molecule has 0 saturated carbocycles. The molecule has 1 amide bonds. The maximum atomic E-state index is 11.8. The maximum Gasteiger partial charge on any atom is 0.242 e. The molecule has 1 aliphatic heterocycles. The summed E-state index contributed by atoms with van der Waals surface area (Å²) in [4.78, 5) is 11.8. The number of hydrogen-bond donors (Lipinski definition) is 2. The molecule has 1 aromatic carbocycles. The SMILES string of the molecule is CCCNC1(C(N)=O)CCOc2ccccc21. The molecule has 0 spiro atoms. The Morgan fingerprint density at radius 3 is 3.00 bits per heavy atom. The fourth-order valence-electron chi connectivity index (χ4n) is 2.26. The minimum atomic E-state index is -0.773. The molecular formula is C13H18N2O2. The van der Waals surface area contributed by atoms with E-state index in [1.54, 1.807) is 0 Å². The van der Waals surface area contributed by atoms with Crippen LogP contribution in [0.3, 0.4) is 0 Å². The molecule has 1 atom stereocenters. The lowest BCUT2D eigenvalue weighted by Gasteiger charge is -2.37. The van der Waals surface area contributed by atoms with E-state index < -0.39 is 5.54 Å². The Morgan fingerprint density at radius 2 is 2.29 bits per heavy atom. The first-order valence-electron chi connectivity index (χ1n) is 5.98. The van der Waals surface area contributed by atoms with Crippen molar-refractivity contribution in [1.29, 1.82) is 0 Å². The average molecular weight is 234 g/mol. The van der Waals surface area contributed by atoms with Crippen LogP contribution in [-0.2, 0) is 10.3 Å². The first-order chi connectivity index (χ1) is 8.20. The van der Waals surface area contributed by atoms with Gasteiger partial charge in [0.05, 0.1) is 6.61 Å². The number of rotatable bonds is 4. The van der Waals surface area contributed by atoms with Gasteiger partial charge in [0.15, 0.2) is 0 Å². The van der Waals surface area contributed by atoms with Crippen LogP contribution in [0.5, 0.6) is 5.75 Å². The molecule has 1 heterocycles. The topological polar surface area (TPSA) is 64.3 Å². The summed E-state index contributed by atoms with van der Waals surface area (Å²) in [6, 6.07) is 7.58. The second-order valence-corrected chi connectivity index (χ2v) is 4.29. The van der Waals surface area contributed by atoms with Gasteiger partial charge in [-0.25, -0.2) is 0 Å². The number of para-hydroxylation sites is 1. The molecule has 1 aromatic rings. The van der Waals surface area contributed by atoms with Crippen LogP contribution in [0.2, 0.25) is 0 Å². The predicted octanol–water partition coefficient (Wildman–Crippen LogP) is 1.15. The van der Waals surface area contributed by atoms with Crippen molar-refractivity contribution in [3.8, 4) is 5.75 Å². The highest BCUT2D eigenvalue weighted by Crippen LogP contribution is 2.36. The lowest BCUT2D eigenvalue weighted by atomic mass is 9.83. The van der Waals surface area contributed by atoms with Gasteiger partial charge < -0.3 is 10.5 Å². The van der Waals surface area contributed by atoms with Gasteiger partial charge in [-0.05, 0) is 19.0 Å². The minimum absolute atomic E-state index is 0.332. The largest absolute Gasteiger partial charge is 0.493 e. The first kappa shape index (κ1) is 11.9. The van der Waals surface area contributed by atoms with Crippen LogP contribution in [0.4, 0.5) is 0 Å². The monoisotopic (exact) mass is 234 g/mol. The fraction of sp³-hybridized carbons (Fsp3) is 0.462. The molecule has 0 aromatic heterocycles. The summed E-state index contributed by atoms with van der Waals surface area (Å²) in [6.45, 7) is 3.33. The summed E-state index contributed by atoms with van der Waals surface area (Å²) in [5.74, 6) is 0.419.